The number of hydrogen-bond acceptors (Lipinski definition) is 4. The second kappa shape index (κ2) is 7.21. The van der Waals surface area contributed by atoms with Crippen LogP contribution in [-0.2, 0) is 26.0 Å². The Balaban J connectivity index is 1.88. The molecule has 1 aliphatic rings. The van der Waals surface area contributed by atoms with E-state index in [-0.39, 0.29) is 16.9 Å². The molecule has 1 aromatic rings. The van der Waals surface area contributed by atoms with Gasteiger partial charge < -0.3 is 9.64 Å². The van der Waals surface area contributed by atoms with Gasteiger partial charge in [0.25, 0.3) is 0 Å². The third kappa shape index (κ3) is 4.53. The lowest BCUT2D eigenvalue weighted by Crippen LogP contribution is -2.45. The van der Waals surface area contributed by atoms with Gasteiger partial charge in [0.1, 0.15) is 0 Å². The molecule has 1 aromatic carbocycles. The summed E-state index contributed by atoms with van der Waals surface area (Å²) in [4.78, 5) is 14.1. The van der Waals surface area contributed by atoms with Gasteiger partial charge in [0.15, 0.2) is 0 Å². The zero-order chi connectivity index (χ0) is 16.2. The summed E-state index contributed by atoms with van der Waals surface area (Å²) in [5, 5.41) is 5.05. The fourth-order valence-electron chi connectivity index (χ4n) is 2.45. The second-order valence-electron chi connectivity index (χ2n) is 5.43. The molecule has 2 rings (SSSR count). The molecule has 0 saturated carbocycles. The van der Waals surface area contributed by atoms with Crippen LogP contribution in [0, 0.1) is 0 Å². The predicted molar refractivity (Wildman–Crippen MR) is 82.7 cm³/mol. The van der Waals surface area contributed by atoms with Gasteiger partial charge in [-0.2, -0.15) is 0 Å². The summed E-state index contributed by atoms with van der Waals surface area (Å²) in [6.07, 6.45) is 2.02. The molecule has 1 aliphatic heterocycles. The standard InChI is InChI=1S/C15H22N2O4S/c1-2-13-11-17(9-10-21-13)15(18)8-5-12-3-6-14(7-4-12)22(16,19)20/h3-4,6-7,13H,2,5,8-11H2,1H3,(H2,16,19,20). The molecule has 2 N–H and O–H groups in total. The first-order valence-corrected chi connectivity index (χ1v) is 8.96. The molecular formula is C15H22N2O4S. The fourth-order valence-corrected chi connectivity index (χ4v) is 2.96. The third-order valence-electron chi connectivity index (χ3n) is 3.83. The van der Waals surface area contributed by atoms with Gasteiger partial charge in [0, 0.05) is 19.5 Å². The van der Waals surface area contributed by atoms with E-state index in [0.29, 0.717) is 32.5 Å². The molecule has 1 atom stereocenters. The molecule has 1 unspecified atom stereocenters. The summed E-state index contributed by atoms with van der Waals surface area (Å²) in [6, 6.07) is 6.33. The van der Waals surface area contributed by atoms with Crippen LogP contribution in [-0.4, -0.2) is 45.0 Å². The molecular weight excluding hydrogens is 304 g/mol. The first kappa shape index (κ1) is 16.9. The van der Waals surface area contributed by atoms with Crippen LogP contribution in [0.2, 0.25) is 0 Å². The Labute approximate surface area is 131 Å². The molecule has 0 radical (unpaired) electrons. The average molecular weight is 326 g/mol. The highest BCUT2D eigenvalue weighted by Crippen LogP contribution is 2.13. The van der Waals surface area contributed by atoms with Crippen LogP contribution in [0.4, 0.5) is 0 Å². The Morgan fingerprint density at radius 2 is 2.05 bits per heavy atom. The summed E-state index contributed by atoms with van der Waals surface area (Å²) in [5.41, 5.74) is 0.918. The Bertz CT molecular complexity index is 613. The van der Waals surface area contributed by atoms with Gasteiger partial charge in [-0.15, -0.1) is 0 Å². The maximum absolute atomic E-state index is 12.2. The smallest absolute Gasteiger partial charge is 0.238 e. The lowest BCUT2D eigenvalue weighted by Gasteiger charge is -2.32. The SMILES string of the molecule is CCC1CN(C(=O)CCc2ccc(S(N)(=O)=O)cc2)CCO1. The van der Waals surface area contributed by atoms with Crippen molar-refractivity contribution in [2.24, 2.45) is 5.14 Å². The minimum absolute atomic E-state index is 0.0848. The number of primary sulfonamides is 1. The van der Waals surface area contributed by atoms with Crippen LogP contribution in [0.3, 0.4) is 0 Å². The molecule has 1 amide bonds. The van der Waals surface area contributed by atoms with Crippen molar-refractivity contribution in [2.45, 2.75) is 37.2 Å². The number of hydrogen-bond donors (Lipinski definition) is 1. The van der Waals surface area contributed by atoms with E-state index in [1.165, 1.54) is 12.1 Å². The van der Waals surface area contributed by atoms with Crippen molar-refractivity contribution in [3.63, 3.8) is 0 Å². The average Bonchev–Trinajstić information content (AvgIpc) is 2.52. The van der Waals surface area contributed by atoms with Crippen molar-refractivity contribution < 1.29 is 17.9 Å². The number of nitrogens with two attached hydrogens (primary N) is 1. The number of sulfonamides is 1. The summed E-state index contributed by atoms with van der Waals surface area (Å²) >= 11 is 0. The van der Waals surface area contributed by atoms with E-state index < -0.39 is 10.0 Å². The highest BCUT2D eigenvalue weighted by Gasteiger charge is 2.22. The highest BCUT2D eigenvalue weighted by molar-refractivity contribution is 7.89. The van der Waals surface area contributed by atoms with E-state index in [1.807, 2.05) is 11.8 Å². The van der Waals surface area contributed by atoms with Crippen molar-refractivity contribution in [3.05, 3.63) is 29.8 Å². The molecule has 0 bridgehead atoms. The number of amides is 1. The quantitative estimate of drug-likeness (QED) is 0.870. The monoisotopic (exact) mass is 326 g/mol. The normalized spacial score (nSPS) is 19.2. The second-order valence-corrected chi connectivity index (χ2v) is 6.99. The number of benzene rings is 1. The van der Waals surface area contributed by atoms with Crippen molar-refractivity contribution >= 4 is 15.9 Å². The largest absolute Gasteiger partial charge is 0.375 e. The lowest BCUT2D eigenvalue weighted by atomic mass is 10.1. The first-order chi connectivity index (χ1) is 10.4. The van der Waals surface area contributed by atoms with Crippen LogP contribution < -0.4 is 5.14 Å². The Morgan fingerprint density at radius 1 is 1.36 bits per heavy atom. The lowest BCUT2D eigenvalue weighted by molar-refractivity contribution is -0.138. The zero-order valence-corrected chi connectivity index (χ0v) is 13.5. The van der Waals surface area contributed by atoms with E-state index >= 15 is 0 Å². The zero-order valence-electron chi connectivity index (χ0n) is 12.7. The van der Waals surface area contributed by atoms with Crippen molar-refractivity contribution in [1.29, 1.82) is 0 Å². The van der Waals surface area contributed by atoms with Crippen molar-refractivity contribution in [3.8, 4) is 0 Å². The molecule has 0 aliphatic carbocycles. The van der Waals surface area contributed by atoms with E-state index in [1.54, 1.807) is 12.1 Å². The molecule has 0 spiro atoms. The third-order valence-corrected chi connectivity index (χ3v) is 4.76. The minimum atomic E-state index is -3.67. The van der Waals surface area contributed by atoms with E-state index in [0.717, 1.165) is 12.0 Å². The highest BCUT2D eigenvalue weighted by atomic mass is 32.2. The Hall–Kier alpha value is -1.44. The van der Waals surface area contributed by atoms with Crippen molar-refractivity contribution in [2.75, 3.05) is 19.7 Å². The van der Waals surface area contributed by atoms with Crippen LogP contribution in [0.25, 0.3) is 0 Å². The molecule has 0 aromatic heterocycles. The predicted octanol–water partition coefficient (Wildman–Crippen LogP) is 0.904. The Morgan fingerprint density at radius 3 is 2.64 bits per heavy atom. The topological polar surface area (TPSA) is 89.7 Å². The molecule has 22 heavy (non-hydrogen) atoms. The molecule has 1 saturated heterocycles. The van der Waals surface area contributed by atoms with Gasteiger partial charge in [0.2, 0.25) is 15.9 Å². The number of rotatable bonds is 5. The minimum Gasteiger partial charge on any atom is -0.375 e. The van der Waals surface area contributed by atoms with Gasteiger partial charge in [-0.3, -0.25) is 4.79 Å². The Kier molecular flexibility index (Phi) is 5.55. The van der Waals surface area contributed by atoms with Gasteiger partial charge >= 0.3 is 0 Å². The summed E-state index contributed by atoms with van der Waals surface area (Å²) < 4.78 is 27.9. The maximum Gasteiger partial charge on any atom is 0.238 e. The molecule has 1 heterocycles. The van der Waals surface area contributed by atoms with Crippen LogP contribution in [0.1, 0.15) is 25.3 Å². The summed E-state index contributed by atoms with van der Waals surface area (Å²) in [7, 11) is -3.67. The first-order valence-electron chi connectivity index (χ1n) is 7.41. The van der Waals surface area contributed by atoms with Gasteiger partial charge in [-0.25, -0.2) is 13.6 Å². The van der Waals surface area contributed by atoms with Crippen LogP contribution in [0.15, 0.2) is 29.2 Å². The van der Waals surface area contributed by atoms with Gasteiger partial charge in [-0.1, -0.05) is 19.1 Å². The van der Waals surface area contributed by atoms with E-state index in [4.69, 9.17) is 9.88 Å². The van der Waals surface area contributed by atoms with Crippen LogP contribution >= 0.6 is 0 Å². The van der Waals surface area contributed by atoms with Gasteiger partial charge in [-0.05, 0) is 30.5 Å². The molecule has 122 valence electrons. The number of ether oxygens (including phenoxy) is 1. The summed E-state index contributed by atoms with van der Waals surface area (Å²) in [6.45, 7) is 3.93. The number of carbonyl (C=O) groups is 1. The fraction of sp³-hybridized carbons (Fsp3) is 0.533. The van der Waals surface area contributed by atoms with Gasteiger partial charge in [0.05, 0.1) is 17.6 Å². The van der Waals surface area contributed by atoms with E-state index in [2.05, 4.69) is 0 Å². The maximum atomic E-state index is 12.2. The number of carbonyl (C=O) groups excluding carboxylic acids is 1. The number of nitrogens with zero attached hydrogens (tertiary/aromatic N) is 1. The molecule has 6 nitrogen and oxygen atoms in total. The number of aryl methyl sites for hydroxylation is 1. The number of morpholine rings is 1. The van der Waals surface area contributed by atoms with Crippen LogP contribution in [0.5, 0.6) is 0 Å². The van der Waals surface area contributed by atoms with E-state index in [9.17, 15) is 13.2 Å². The molecule has 1 fully saturated rings. The summed E-state index contributed by atoms with van der Waals surface area (Å²) in [5.74, 6) is 0.109. The van der Waals surface area contributed by atoms with Crippen molar-refractivity contribution in [1.82, 2.24) is 4.90 Å². The molecule has 7 heteroatoms.